The lowest BCUT2D eigenvalue weighted by Crippen LogP contribution is -2.54. The lowest BCUT2D eigenvalue weighted by Gasteiger charge is -2.36. The van der Waals surface area contributed by atoms with Crippen molar-refractivity contribution < 1.29 is 26.4 Å². The molecule has 3 rings (SSSR count). The standard InChI is InChI=1S/C20H22F3N3O3S/c1-13-3-5-16(12-18(13)23)24-20(27)14(2)25-7-9-26(10-8-25)30(28,29)19-11-15(21)4-6-17(19)22/h3-6,11-12,14H,7-10H2,1-2H3,(H,24,27). The Bertz CT molecular complexity index is 1050. The number of hydrogen-bond acceptors (Lipinski definition) is 4. The molecule has 2 aromatic rings. The van der Waals surface area contributed by atoms with Crippen molar-refractivity contribution >= 4 is 21.6 Å². The van der Waals surface area contributed by atoms with Crippen LogP contribution >= 0.6 is 0 Å². The number of rotatable bonds is 5. The predicted octanol–water partition coefficient (Wildman–Crippen LogP) is 2.75. The van der Waals surface area contributed by atoms with E-state index in [1.807, 2.05) is 0 Å². The van der Waals surface area contributed by atoms with Gasteiger partial charge in [-0.25, -0.2) is 21.6 Å². The molecule has 1 unspecified atom stereocenters. The van der Waals surface area contributed by atoms with Crippen LogP contribution in [0.1, 0.15) is 12.5 Å². The summed E-state index contributed by atoms with van der Waals surface area (Å²) in [5.41, 5.74) is 0.797. The Labute approximate surface area is 173 Å². The molecule has 1 N–H and O–H groups in total. The van der Waals surface area contributed by atoms with E-state index in [1.54, 1.807) is 30.9 Å². The third kappa shape index (κ3) is 4.66. The molecule has 6 nitrogen and oxygen atoms in total. The number of halogens is 3. The summed E-state index contributed by atoms with van der Waals surface area (Å²) in [6.07, 6.45) is 0. The Morgan fingerprint density at radius 2 is 1.67 bits per heavy atom. The lowest BCUT2D eigenvalue weighted by molar-refractivity contribution is -0.121. The van der Waals surface area contributed by atoms with Gasteiger partial charge in [-0.3, -0.25) is 9.69 Å². The van der Waals surface area contributed by atoms with Crippen molar-refractivity contribution in [3.63, 3.8) is 0 Å². The third-order valence-electron chi connectivity index (χ3n) is 5.15. The van der Waals surface area contributed by atoms with Crippen LogP contribution in [0.2, 0.25) is 0 Å². The summed E-state index contributed by atoms with van der Waals surface area (Å²) >= 11 is 0. The lowest BCUT2D eigenvalue weighted by atomic mass is 10.2. The van der Waals surface area contributed by atoms with Crippen LogP contribution in [0.15, 0.2) is 41.3 Å². The average Bonchev–Trinajstić information content (AvgIpc) is 2.72. The van der Waals surface area contributed by atoms with Crippen molar-refractivity contribution in [3.8, 4) is 0 Å². The van der Waals surface area contributed by atoms with Crippen LogP contribution in [0, 0.1) is 24.4 Å². The van der Waals surface area contributed by atoms with Gasteiger partial charge in [-0.15, -0.1) is 0 Å². The number of nitrogens with zero attached hydrogens (tertiary/aromatic N) is 2. The van der Waals surface area contributed by atoms with Gasteiger partial charge in [0.15, 0.2) is 0 Å². The molecule has 1 aliphatic rings. The zero-order valence-corrected chi connectivity index (χ0v) is 17.3. The molecule has 1 amide bonds. The van der Waals surface area contributed by atoms with Crippen molar-refractivity contribution in [1.82, 2.24) is 9.21 Å². The van der Waals surface area contributed by atoms with E-state index in [1.165, 1.54) is 6.07 Å². The van der Waals surface area contributed by atoms with Gasteiger partial charge in [0.2, 0.25) is 15.9 Å². The molecule has 1 atom stereocenters. The van der Waals surface area contributed by atoms with Gasteiger partial charge < -0.3 is 5.32 Å². The second kappa shape index (κ2) is 8.75. The quantitative estimate of drug-likeness (QED) is 0.775. The third-order valence-corrected chi connectivity index (χ3v) is 7.06. The van der Waals surface area contributed by atoms with E-state index in [9.17, 15) is 26.4 Å². The molecule has 0 saturated carbocycles. The number of amides is 1. The fourth-order valence-electron chi connectivity index (χ4n) is 3.23. The summed E-state index contributed by atoms with van der Waals surface area (Å²) in [7, 11) is -4.19. The molecule has 0 bridgehead atoms. The molecule has 1 saturated heterocycles. The van der Waals surface area contributed by atoms with Crippen molar-refractivity contribution in [2.75, 3.05) is 31.5 Å². The van der Waals surface area contributed by atoms with E-state index in [2.05, 4.69) is 5.32 Å². The second-order valence-corrected chi connectivity index (χ2v) is 9.05. The number of aryl methyl sites for hydroxylation is 1. The number of sulfonamides is 1. The van der Waals surface area contributed by atoms with Crippen LogP contribution in [-0.2, 0) is 14.8 Å². The number of nitrogens with one attached hydrogen (secondary N) is 1. The largest absolute Gasteiger partial charge is 0.325 e. The average molecular weight is 441 g/mol. The zero-order chi connectivity index (χ0) is 22.1. The molecule has 0 aromatic heterocycles. The zero-order valence-electron chi connectivity index (χ0n) is 16.5. The monoisotopic (exact) mass is 441 g/mol. The molecule has 1 aliphatic heterocycles. The van der Waals surface area contributed by atoms with Crippen LogP contribution < -0.4 is 5.32 Å². The number of carbonyl (C=O) groups excluding carboxylic acids is 1. The Balaban J connectivity index is 1.63. The number of benzene rings is 2. The van der Waals surface area contributed by atoms with E-state index in [4.69, 9.17) is 0 Å². The molecule has 1 heterocycles. The smallest absolute Gasteiger partial charge is 0.246 e. The molecular formula is C20H22F3N3O3S. The summed E-state index contributed by atoms with van der Waals surface area (Å²) in [6.45, 7) is 3.78. The van der Waals surface area contributed by atoms with Crippen LogP contribution in [0.3, 0.4) is 0 Å². The number of piperazine rings is 1. The SMILES string of the molecule is Cc1ccc(NC(=O)C(C)N2CCN(S(=O)(=O)c3cc(F)ccc3F)CC2)cc1F. The van der Waals surface area contributed by atoms with Crippen molar-refractivity contribution in [3.05, 3.63) is 59.4 Å². The maximum atomic E-state index is 13.9. The Kier molecular flexibility index (Phi) is 6.49. The van der Waals surface area contributed by atoms with E-state index in [-0.39, 0.29) is 32.1 Å². The van der Waals surface area contributed by atoms with Gasteiger partial charge in [-0.05, 0) is 49.7 Å². The highest BCUT2D eigenvalue weighted by molar-refractivity contribution is 7.89. The van der Waals surface area contributed by atoms with Crippen molar-refractivity contribution in [1.29, 1.82) is 0 Å². The van der Waals surface area contributed by atoms with Crippen LogP contribution in [-0.4, -0.2) is 55.8 Å². The first-order chi connectivity index (χ1) is 14.1. The minimum absolute atomic E-state index is 0.0229. The maximum Gasteiger partial charge on any atom is 0.246 e. The molecule has 30 heavy (non-hydrogen) atoms. The number of hydrogen-bond donors (Lipinski definition) is 1. The van der Waals surface area contributed by atoms with E-state index in [0.717, 1.165) is 16.4 Å². The molecule has 0 spiro atoms. The summed E-state index contributed by atoms with van der Waals surface area (Å²) < 4.78 is 67.4. The first-order valence-corrected chi connectivity index (χ1v) is 10.8. The highest BCUT2D eigenvalue weighted by atomic mass is 32.2. The van der Waals surface area contributed by atoms with Gasteiger partial charge >= 0.3 is 0 Å². The highest BCUT2D eigenvalue weighted by Crippen LogP contribution is 2.22. The van der Waals surface area contributed by atoms with Crippen molar-refractivity contribution in [2.24, 2.45) is 0 Å². The first kappa shape index (κ1) is 22.3. The van der Waals surface area contributed by atoms with E-state index < -0.39 is 38.4 Å². The predicted molar refractivity (Wildman–Crippen MR) is 106 cm³/mol. The number of anilines is 1. The van der Waals surface area contributed by atoms with Crippen LogP contribution in [0.5, 0.6) is 0 Å². The van der Waals surface area contributed by atoms with Crippen LogP contribution in [0.25, 0.3) is 0 Å². The second-order valence-electron chi connectivity index (χ2n) is 7.14. The fraction of sp³-hybridized carbons (Fsp3) is 0.350. The molecule has 1 fully saturated rings. The van der Waals surface area contributed by atoms with Gasteiger partial charge in [-0.1, -0.05) is 6.07 Å². The first-order valence-electron chi connectivity index (χ1n) is 9.36. The summed E-state index contributed by atoms with van der Waals surface area (Å²) in [5, 5.41) is 2.64. The van der Waals surface area contributed by atoms with Crippen LogP contribution in [0.4, 0.5) is 18.9 Å². The molecule has 162 valence electrons. The van der Waals surface area contributed by atoms with Gasteiger partial charge in [-0.2, -0.15) is 4.31 Å². The topological polar surface area (TPSA) is 69.7 Å². The molecule has 0 aliphatic carbocycles. The molecule has 2 aromatic carbocycles. The fourth-order valence-corrected chi connectivity index (χ4v) is 4.73. The van der Waals surface area contributed by atoms with Gasteiger partial charge in [0, 0.05) is 31.9 Å². The summed E-state index contributed by atoms with van der Waals surface area (Å²) in [4.78, 5) is 13.6. The van der Waals surface area contributed by atoms with Gasteiger partial charge in [0.05, 0.1) is 6.04 Å². The summed E-state index contributed by atoms with van der Waals surface area (Å²) in [6, 6.07) is 6.09. The normalized spacial score (nSPS) is 17.0. The Morgan fingerprint density at radius 3 is 2.30 bits per heavy atom. The number of carbonyl (C=O) groups is 1. The molecule has 10 heteroatoms. The molecular weight excluding hydrogens is 419 g/mol. The van der Waals surface area contributed by atoms with Gasteiger partial charge in [0.25, 0.3) is 0 Å². The Hall–Kier alpha value is -2.43. The van der Waals surface area contributed by atoms with E-state index in [0.29, 0.717) is 17.3 Å². The minimum Gasteiger partial charge on any atom is -0.325 e. The minimum atomic E-state index is -4.19. The summed E-state index contributed by atoms with van der Waals surface area (Å²) in [5.74, 6) is -2.64. The highest BCUT2D eigenvalue weighted by Gasteiger charge is 2.33. The van der Waals surface area contributed by atoms with Crippen molar-refractivity contribution in [2.45, 2.75) is 24.8 Å². The Morgan fingerprint density at radius 1 is 1.00 bits per heavy atom. The van der Waals surface area contributed by atoms with Gasteiger partial charge in [0.1, 0.15) is 22.3 Å². The molecule has 0 radical (unpaired) electrons. The maximum absolute atomic E-state index is 13.9. The van der Waals surface area contributed by atoms with E-state index >= 15 is 0 Å².